The van der Waals surface area contributed by atoms with Gasteiger partial charge in [-0.15, -0.1) is 12.4 Å². The number of fused-ring (bicyclic) bond motifs is 1. The summed E-state index contributed by atoms with van der Waals surface area (Å²) in [5, 5.41) is 6.49. The van der Waals surface area contributed by atoms with E-state index >= 15 is 0 Å². The number of carbonyl (C=O) groups excluding carboxylic acids is 1. The van der Waals surface area contributed by atoms with Crippen molar-refractivity contribution in [2.45, 2.75) is 51.0 Å². The summed E-state index contributed by atoms with van der Waals surface area (Å²) in [7, 11) is -3.44. The van der Waals surface area contributed by atoms with E-state index in [0.717, 1.165) is 37.9 Å². The number of carbonyl (C=O) groups is 1. The molecule has 1 aliphatic carbocycles. The van der Waals surface area contributed by atoms with E-state index in [4.69, 9.17) is 0 Å². The lowest BCUT2D eigenvalue weighted by Crippen LogP contribution is -2.47. The van der Waals surface area contributed by atoms with Crippen molar-refractivity contribution in [1.29, 1.82) is 0 Å². The van der Waals surface area contributed by atoms with E-state index in [1.165, 1.54) is 10.7 Å². The van der Waals surface area contributed by atoms with Crippen LogP contribution in [-0.4, -0.2) is 44.8 Å². The van der Waals surface area contributed by atoms with E-state index in [0.29, 0.717) is 30.4 Å². The van der Waals surface area contributed by atoms with Crippen molar-refractivity contribution in [1.82, 2.24) is 14.9 Å². The summed E-state index contributed by atoms with van der Waals surface area (Å²) < 4.78 is 26.5. The van der Waals surface area contributed by atoms with Crippen molar-refractivity contribution in [3.05, 3.63) is 29.8 Å². The summed E-state index contributed by atoms with van der Waals surface area (Å²) in [4.78, 5) is 13.2. The lowest BCUT2D eigenvalue weighted by Gasteiger charge is -2.37. The molecule has 2 N–H and O–H groups in total. The molecule has 1 heterocycles. The van der Waals surface area contributed by atoms with E-state index in [-0.39, 0.29) is 23.7 Å². The van der Waals surface area contributed by atoms with Crippen LogP contribution in [-0.2, 0) is 21.4 Å². The molecule has 1 saturated carbocycles. The Bertz CT molecular complexity index is 765. The minimum absolute atomic E-state index is 0. The van der Waals surface area contributed by atoms with E-state index in [1.807, 2.05) is 13.8 Å². The third-order valence-corrected chi connectivity index (χ3v) is 8.27. The number of amides is 1. The first-order valence-electron chi connectivity index (χ1n) is 10.0. The molecule has 2 aliphatic rings. The molecule has 2 fully saturated rings. The monoisotopic (exact) mass is 429 g/mol. The quantitative estimate of drug-likeness (QED) is 0.698. The highest BCUT2D eigenvalue weighted by Crippen LogP contribution is 2.43. The Balaban J connectivity index is 0.00000280. The molecule has 1 saturated heterocycles. The molecule has 8 heteroatoms. The number of rotatable bonds is 7. The fourth-order valence-electron chi connectivity index (χ4n) is 4.54. The van der Waals surface area contributed by atoms with Crippen LogP contribution in [0.4, 0.5) is 0 Å². The van der Waals surface area contributed by atoms with Crippen LogP contribution in [0.1, 0.15) is 45.1 Å². The fraction of sp³-hybridized carbons (Fsp3) is 0.650. The van der Waals surface area contributed by atoms with Crippen LogP contribution in [0.2, 0.25) is 0 Å². The highest BCUT2D eigenvalue weighted by molar-refractivity contribution is 7.89. The molecule has 2 atom stereocenters. The Kier molecular flexibility index (Phi) is 7.90. The SMILES string of the molecule is CCN(CC)S(=O)(=O)c1ccc(CNC(=O)[C@@]23CCCC[C@H]2CNC3)cc1.Cl. The molecule has 0 spiro atoms. The van der Waals surface area contributed by atoms with Crippen molar-refractivity contribution >= 4 is 28.3 Å². The van der Waals surface area contributed by atoms with Crippen molar-refractivity contribution in [3.63, 3.8) is 0 Å². The van der Waals surface area contributed by atoms with Gasteiger partial charge in [0.15, 0.2) is 0 Å². The van der Waals surface area contributed by atoms with Gasteiger partial charge in [-0.25, -0.2) is 8.42 Å². The average Bonchev–Trinajstić information content (AvgIpc) is 3.12. The number of hydrogen-bond acceptors (Lipinski definition) is 4. The van der Waals surface area contributed by atoms with Crippen LogP contribution in [0.3, 0.4) is 0 Å². The lowest BCUT2D eigenvalue weighted by molar-refractivity contribution is -0.134. The van der Waals surface area contributed by atoms with Crippen LogP contribution >= 0.6 is 12.4 Å². The summed E-state index contributed by atoms with van der Waals surface area (Å²) in [6.45, 7) is 6.71. The summed E-state index contributed by atoms with van der Waals surface area (Å²) >= 11 is 0. The molecule has 1 amide bonds. The van der Waals surface area contributed by atoms with Crippen LogP contribution in [0.15, 0.2) is 29.2 Å². The number of sulfonamides is 1. The van der Waals surface area contributed by atoms with Gasteiger partial charge in [-0.05, 0) is 43.0 Å². The number of nitrogens with zero attached hydrogens (tertiary/aromatic N) is 1. The third kappa shape index (κ3) is 4.37. The minimum atomic E-state index is -3.44. The topological polar surface area (TPSA) is 78.5 Å². The van der Waals surface area contributed by atoms with Gasteiger partial charge in [0.05, 0.1) is 10.3 Å². The summed E-state index contributed by atoms with van der Waals surface area (Å²) in [6.07, 6.45) is 4.41. The van der Waals surface area contributed by atoms with Gasteiger partial charge >= 0.3 is 0 Å². The molecular formula is C20H32ClN3O3S. The van der Waals surface area contributed by atoms with Crippen molar-refractivity contribution in [2.75, 3.05) is 26.2 Å². The van der Waals surface area contributed by atoms with Gasteiger partial charge in [0.1, 0.15) is 0 Å². The smallest absolute Gasteiger partial charge is 0.243 e. The van der Waals surface area contributed by atoms with Gasteiger partial charge in [0.2, 0.25) is 15.9 Å². The van der Waals surface area contributed by atoms with Crippen molar-refractivity contribution in [2.24, 2.45) is 11.3 Å². The maximum absolute atomic E-state index is 12.9. The normalized spacial score (nSPS) is 24.5. The zero-order chi connectivity index (χ0) is 19.5. The second kappa shape index (κ2) is 9.57. The molecule has 158 valence electrons. The average molecular weight is 430 g/mol. The number of benzene rings is 1. The van der Waals surface area contributed by atoms with Crippen molar-refractivity contribution < 1.29 is 13.2 Å². The van der Waals surface area contributed by atoms with Crippen molar-refractivity contribution in [3.8, 4) is 0 Å². The van der Waals surface area contributed by atoms with Crippen LogP contribution in [0, 0.1) is 11.3 Å². The second-order valence-electron chi connectivity index (χ2n) is 7.65. The van der Waals surface area contributed by atoms with Gasteiger partial charge in [-0.3, -0.25) is 4.79 Å². The third-order valence-electron chi connectivity index (χ3n) is 6.21. The molecule has 0 radical (unpaired) electrons. The second-order valence-corrected chi connectivity index (χ2v) is 9.58. The Labute approximate surface area is 174 Å². The van der Waals surface area contributed by atoms with E-state index in [1.54, 1.807) is 24.3 Å². The van der Waals surface area contributed by atoms with Crippen LogP contribution in [0.25, 0.3) is 0 Å². The molecule has 1 aromatic carbocycles. The Morgan fingerprint density at radius 1 is 1.21 bits per heavy atom. The number of halogens is 1. The first kappa shape index (κ1) is 23.1. The molecule has 28 heavy (non-hydrogen) atoms. The zero-order valence-electron chi connectivity index (χ0n) is 16.7. The minimum Gasteiger partial charge on any atom is -0.351 e. The van der Waals surface area contributed by atoms with Crippen LogP contribution in [0.5, 0.6) is 0 Å². The molecule has 0 bridgehead atoms. The predicted molar refractivity (Wildman–Crippen MR) is 113 cm³/mol. The predicted octanol–water partition coefficient (Wildman–Crippen LogP) is 2.53. The first-order chi connectivity index (χ1) is 12.9. The Morgan fingerprint density at radius 2 is 1.89 bits per heavy atom. The lowest BCUT2D eigenvalue weighted by atomic mass is 9.67. The summed E-state index contributed by atoms with van der Waals surface area (Å²) in [5.41, 5.74) is 0.654. The van der Waals surface area contributed by atoms with E-state index in [9.17, 15) is 13.2 Å². The first-order valence-corrected chi connectivity index (χ1v) is 11.5. The van der Waals surface area contributed by atoms with Gasteiger partial charge in [0, 0.05) is 26.2 Å². The summed E-state index contributed by atoms with van der Waals surface area (Å²) in [5.74, 6) is 0.574. The number of nitrogens with one attached hydrogen (secondary N) is 2. The Morgan fingerprint density at radius 3 is 2.54 bits per heavy atom. The molecule has 1 aliphatic heterocycles. The highest BCUT2D eigenvalue weighted by Gasteiger charge is 2.49. The molecule has 1 aromatic rings. The molecule has 3 rings (SSSR count). The standard InChI is InChI=1S/C20H31N3O3S.ClH/c1-3-23(4-2)27(25,26)18-10-8-16(9-11-18)13-22-19(24)20-12-6-5-7-17(20)14-21-15-20;/h8-11,17,21H,3-7,12-15H2,1-2H3,(H,22,24);1H/t17-,20+;/m0./s1. The van der Waals surface area contributed by atoms with Gasteiger partial charge in [0.25, 0.3) is 0 Å². The van der Waals surface area contributed by atoms with Gasteiger partial charge in [-0.2, -0.15) is 4.31 Å². The van der Waals surface area contributed by atoms with Gasteiger partial charge in [-0.1, -0.05) is 38.8 Å². The van der Waals surface area contributed by atoms with Crippen LogP contribution < -0.4 is 10.6 Å². The summed E-state index contributed by atoms with van der Waals surface area (Å²) in [6, 6.07) is 6.85. The fourth-order valence-corrected chi connectivity index (χ4v) is 6.00. The largest absolute Gasteiger partial charge is 0.351 e. The molecule has 0 unspecified atom stereocenters. The maximum atomic E-state index is 12.9. The highest BCUT2D eigenvalue weighted by atomic mass is 35.5. The van der Waals surface area contributed by atoms with E-state index in [2.05, 4.69) is 10.6 Å². The maximum Gasteiger partial charge on any atom is 0.243 e. The molecular weight excluding hydrogens is 398 g/mol. The number of hydrogen-bond donors (Lipinski definition) is 2. The van der Waals surface area contributed by atoms with E-state index < -0.39 is 10.0 Å². The Hall–Kier alpha value is -1.15. The zero-order valence-corrected chi connectivity index (χ0v) is 18.4. The molecule has 6 nitrogen and oxygen atoms in total. The van der Waals surface area contributed by atoms with Gasteiger partial charge < -0.3 is 10.6 Å². The molecule has 0 aromatic heterocycles.